The van der Waals surface area contributed by atoms with Crippen LogP contribution in [0, 0.1) is 3.57 Å². The molecule has 1 aromatic heterocycles. The molecule has 0 saturated carbocycles. The summed E-state index contributed by atoms with van der Waals surface area (Å²) in [6, 6.07) is 0. The molecule has 0 radical (unpaired) electrons. The number of rotatable bonds is 4. The third kappa shape index (κ3) is 2.34. The molecule has 0 spiro atoms. The van der Waals surface area contributed by atoms with E-state index in [0.29, 0.717) is 5.88 Å². The largest absolute Gasteiger partial charge is 0.479 e. The fourth-order valence-corrected chi connectivity index (χ4v) is 1.51. The van der Waals surface area contributed by atoms with E-state index in [9.17, 15) is 0 Å². The summed E-state index contributed by atoms with van der Waals surface area (Å²) in [5, 5.41) is 12.7. The second-order valence-corrected chi connectivity index (χ2v) is 3.49. The van der Waals surface area contributed by atoms with E-state index in [-0.39, 0.29) is 6.61 Å². The summed E-state index contributed by atoms with van der Waals surface area (Å²) in [5.74, 6) is 0.647. The average Bonchev–Trinajstić information content (AvgIpc) is 2.43. The summed E-state index contributed by atoms with van der Waals surface area (Å²) in [4.78, 5) is 0. The molecule has 1 N–H and O–H groups in total. The van der Waals surface area contributed by atoms with Crippen LogP contribution in [-0.4, -0.2) is 28.6 Å². The Balaban J connectivity index is 2.62. The highest BCUT2D eigenvalue weighted by Crippen LogP contribution is 2.17. The molecule has 0 atom stereocenters. The SMILES string of the molecule is COc1nn(CCCO)cc1I. The lowest BCUT2D eigenvalue weighted by molar-refractivity contribution is 0.276. The smallest absolute Gasteiger partial charge is 0.246 e. The Morgan fingerprint density at radius 1 is 1.75 bits per heavy atom. The summed E-state index contributed by atoms with van der Waals surface area (Å²) in [6.45, 7) is 0.925. The predicted molar refractivity (Wildman–Crippen MR) is 53.2 cm³/mol. The first-order valence-corrected chi connectivity index (χ1v) is 4.73. The number of nitrogens with zero attached hydrogens (tertiary/aromatic N) is 2. The molecule has 0 aliphatic carbocycles. The number of halogens is 1. The minimum absolute atomic E-state index is 0.193. The van der Waals surface area contributed by atoms with E-state index < -0.39 is 0 Å². The van der Waals surface area contributed by atoms with Crippen molar-refractivity contribution in [1.82, 2.24) is 9.78 Å². The molecule has 1 aromatic rings. The molecule has 5 heteroatoms. The Kier molecular flexibility index (Phi) is 3.80. The summed E-state index contributed by atoms with van der Waals surface area (Å²) < 4.78 is 7.77. The maximum absolute atomic E-state index is 8.59. The molecule has 0 saturated heterocycles. The zero-order valence-corrected chi connectivity index (χ0v) is 8.98. The molecule has 0 fully saturated rings. The van der Waals surface area contributed by atoms with Crippen LogP contribution in [0.2, 0.25) is 0 Å². The Bertz CT molecular complexity index is 250. The number of hydrogen-bond acceptors (Lipinski definition) is 3. The molecule has 0 aliphatic heterocycles. The summed E-state index contributed by atoms with van der Waals surface area (Å²) in [5.41, 5.74) is 0. The predicted octanol–water partition coefficient (Wildman–Crippen LogP) is 0.879. The lowest BCUT2D eigenvalue weighted by Gasteiger charge is -1.96. The quantitative estimate of drug-likeness (QED) is 0.834. The van der Waals surface area contributed by atoms with Gasteiger partial charge in [-0.05, 0) is 29.0 Å². The van der Waals surface area contributed by atoms with E-state index in [1.165, 1.54) is 0 Å². The first kappa shape index (κ1) is 9.79. The van der Waals surface area contributed by atoms with Crippen molar-refractivity contribution in [3.63, 3.8) is 0 Å². The Morgan fingerprint density at radius 3 is 3.00 bits per heavy atom. The fraction of sp³-hybridized carbons (Fsp3) is 0.571. The van der Waals surface area contributed by atoms with E-state index in [4.69, 9.17) is 9.84 Å². The van der Waals surface area contributed by atoms with E-state index >= 15 is 0 Å². The molecule has 0 bridgehead atoms. The number of aromatic nitrogens is 2. The van der Waals surface area contributed by atoms with Crippen molar-refractivity contribution >= 4 is 22.6 Å². The Labute approximate surface area is 84.7 Å². The van der Waals surface area contributed by atoms with Gasteiger partial charge < -0.3 is 9.84 Å². The summed E-state index contributed by atoms with van der Waals surface area (Å²) >= 11 is 2.16. The van der Waals surface area contributed by atoms with Crippen LogP contribution in [0.5, 0.6) is 5.88 Å². The van der Waals surface area contributed by atoms with Crippen LogP contribution in [0.1, 0.15) is 6.42 Å². The highest BCUT2D eigenvalue weighted by molar-refractivity contribution is 14.1. The number of aliphatic hydroxyl groups is 1. The molecule has 0 unspecified atom stereocenters. The van der Waals surface area contributed by atoms with Crippen LogP contribution < -0.4 is 4.74 Å². The number of aliphatic hydroxyl groups excluding tert-OH is 1. The molecule has 68 valence electrons. The highest BCUT2D eigenvalue weighted by atomic mass is 127. The molecule has 0 aromatic carbocycles. The first-order valence-electron chi connectivity index (χ1n) is 3.65. The summed E-state index contributed by atoms with van der Waals surface area (Å²) in [7, 11) is 1.60. The maximum Gasteiger partial charge on any atom is 0.246 e. The van der Waals surface area contributed by atoms with Crippen molar-refractivity contribution in [3.05, 3.63) is 9.77 Å². The van der Waals surface area contributed by atoms with Crippen molar-refractivity contribution in [2.75, 3.05) is 13.7 Å². The number of methoxy groups -OCH3 is 1. The third-order valence-electron chi connectivity index (χ3n) is 1.42. The van der Waals surface area contributed by atoms with Crippen molar-refractivity contribution < 1.29 is 9.84 Å². The maximum atomic E-state index is 8.59. The van der Waals surface area contributed by atoms with Gasteiger partial charge in [-0.15, -0.1) is 5.10 Å². The van der Waals surface area contributed by atoms with Crippen LogP contribution in [0.3, 0.4) is 0 Å². The normalized spacial score (nSPS) is 10.2. The van der Waals surface area contributed by atoms with Gasteiger partial charge in [-0.3, -0.25) is 4.68 Å². The van der Waals surface area contributed by atoms with Gasteiger partial charge in [0.25, 0.3) is 0 Å². The van der Waals surface area contributed by atoms with Crippen LogP contribution in [-0.2, 0) is 6.54 Å². The van der Waals surface area contributed by atoms with Crippen LogP contribution in [0.25, 0.3) is 0 Å². The van der Waals surface area contributed by atoms with E-state index in [2.05, 4.69) is 27.7 Å². The van der Waals surface area contributed by atoms with Gasteiger partial charge in [0.05, 0.1) is 10.7 Å². The lowest BCUT2D eigenvalue weighted by Crippen LogP contribution is -2.00. The lowest BCUT2D eigenvalue weighted by atomic mass is 10.5. The molecule has 0 amide bonds. The second-order valence-electron chi connectivity index (χ2n) is 2.33. The molecule has 12 heavy (non-hydrogen) atoms. The van der Waals surface area contributed by atoms with Gasteiger partial charge in [-0.25, -0.2) is 0 Å². The van der Waals surface area contributed by atoms with E-state index in [1.807, 2.05) is 6.20 Å². The Morgan fingerprint density at radius 2 is 2.50 bits per heavy atom. The second kappa shape index (κ2) is 4.66. The summed E-state index contributed by atoms with van der Waals surface area (Å²) in [6.07, 6.45) is 2.62. The molecule has 4 nitrogen and oxygen atoms in total. The van der Waals surface area contributed by atoms with Gasteiger partial charge in [0.2, 0.25) is 5.88 Å². The van der Waals surface area contributed by atoms with Gasteiger partial charge in [-0.1, -0.05) is 0 Å². The van der Waals surface area contributed by atoms with Crippen molar-refractivity contribution in [2.24, 2.45) is 0 Å². The fourth-order valence-electron chi connectivity index (χ4n) is 0.865. The molecule has 0 aliphatic rings. The van der Waals surface area contributed by atoms with E-state index in [0.717, 1.165) is 16.5 Å². The number of hydrogen-bond donors (Lipinski definition) is 1. The number of ether oxygens (including phenoxy) is 1. The van der Waals surface area contributed by atoms with Gasteiger partial charge in [0.1, 0.15) is 0 Å². The number of aryl methyl sites for hydroxylation is 1. The molecular weight excluding hydrogens is 271 g/mol. The monoisotopic (exact) mass is 282 g/mol. The first-order chi connectivity index (χ1) is 5.77. The van der Waals surface area contributed by atoms with Crippen molar-refractivity contribution in [3.8, 4) is 5.88 Å². The van der Waals surface area contributed by atoms with Gasteiger partial charge >= 0.3 is 0 Å². The van der Waals surface area contributed by atoms with Gasteiger partial charge in [-0.2, -0.15) is 0 Å². The Hall–Kier alpha value is -0.300. The third-order valence-corrected chi connectivity index (χ3v) is 2.16. The standard InChI is InChI=1S/C7H11IN2O2/c1-12-7-6(8)5-10(9-7)3-2-4-11/h5,11H,2-4H2,1H3. The minimum atomic E-state index is 0.193. The van der Waals surface area contributed by atoms with Gasteiger partial charge in [0.15, 0.2) is 0 Å². The van der Waals surface area contributed by atoms with Crippen molar-refractivity contribution in [1.29, 1.82) is 0 Å². The van der Waals surface area contributed by atoms with Crippen molar-refractivity contribution in [2.45, 2.75) is 13.0 Å². The van der Waals surface area contributed by atoms with E-state index in [1.54, 1.807) is 11.8 Å². The zero-order chi connectivity index (χ0) is 8.97. The molecular formula is C7H11IN2O2. The zero-order valence-electron chi connectivity index (χ0n) is 6.83. The topological polar surface area (TPSA) is 47.3 Å². The van der Waals surface area contributed by atoms with Crippen LogP contribution >= 0.6 is 22.6 Å². The molecule has 1 heterocycles. The average molecular weight is 282 g/mol. The van der Waals surface area contributed by atoms with Crippen LogP contribution in [0.4, 0.5) is 0 Å². The van der Waals surface area contributed by atoms with Gasteiger partial charge in [0, 0.05) is 19.3 Å². The minimum Gasteiger partial charge on any atom is -0.479 e. The van der Waals surface area contributed by atoms with Crippen LogP contribution in [0.15, 0.2) is 6.20 Å². The highest BCUT2D eigenvalue weighted by Gasteiger charge is 2.04. The molecule has 1 rings (SSSR count).